The number of rotatable bonds is 12. The minimum absolute atomic E-state index is 0.0212. The van der Waals surface area contributed by atoms with Gasteiger partial charge in [-0.25, -0.2) is 0 Å². The molecule has 5 rings (SSSR count). The summed E-state index contributed by atoms with van der Waals surface area (Å²) in [5.74, 6) is -0.0671. The number of aliphatic carboxylic acids is 1. The molecule has 224 valence electrons. The summed E-state index contributed by atoms with van der Waals surface area (Å²) in [5, 5.41) is 12.4. The van der Waals surface area contributed by atoms with Crippen molar-refractivity contribution in [3.05, 3.63) is 95.2 Å². The number of carboxylic acid groups (broad SMARTS) is 1. The van der Waals surface area contributed by atoms with Gasteiger partial charge in [0.1, 0.15) is 5.75 Å². The van der Waals surface area contributed by atoms with E-state index in [0.717, 1.165) is 47.2 Å². The molecule has 1 amide bonds. The maximum Gasteiger partial charge on any atom is 0.305 e. The Kier molecular flexibility index (Phi) is 8.71. The molecular formula is C36H40N2O5. The Labute approximate surface area is 252 Å². The highest BCUT2D eigenvalue weighted by molar-refractivity contribution is 6.03. The molecule has 1 fully saturated rings. The summed E-state index contributed by atoms with van der Waals surface area (Å²) in [4.78, 5) is 37.6. The van der Waals surface area contributed by atoms with Crippen LogP contribution < -0.4 is 10.1 Å². The molecule has 7 nitrogen and oxygen atoms in total. The lowest BCUT2D eigenvalue weighted by Gasteiger charge is -2.21. The van der Waals surface area contributed by atoms with E-state index in [9.17, 15) is 14.4 Å². The van der Waals surface area contributed by atoms with Crippen molar-refractivity contribution in [2.24, 2.45) is 11.8 Å². The molecule has 0 spiro atoms. The highest BCUT2D eigenvalue weighted by Crippen LogP contribution is 2.38. The number of ketones is 1. The molecule has 0 saturated heterocycles. The number of aromatic nitrogens is 1. The number of fused-ring (bicyclic) bond motifs is 1. The van der Waals surface area contributed by atoms with E-state index in [4.69, 9.17) is 9.84 Å². The number of methoxy groups -OCH3 is 1. The lowest BCUT2D eigenvalue weighted by Crippen LogP contribution is -2.26. The molecule has 1 heterocycles. The highest BCUT2D eigenvalue weighted by atomic mass is 16.5. The van der Waals surface area contributed by atoms with E-state index in [2.05, 4.69) is 54.9 Å². The summed E-state index contributed by atoms with van der Waals surface area (Å²) in [5.41, 5.74) is 5.26. The number of hydrogen-bond acceptors (Lipinski definition) is 4. The van der Waals surface area contributed by atoms with Gasteiger partial charge in [-0.3, -0.25) is 14.4 Å². The van der Waals surface area contributed by atoms with Crippen LogP contribution in [-0.2, 0) is 16.6 Å². The molecule has 0 bridgehead atoms. The first kappa shape index (κ1) is 30.1. The van der Waals surface area contributed by atoms with E-state index in [1.54, 1.807) is 19.2 Å². The van der Waals surface area contributed by atoms with Crippen LogP contribution in [0.25, 0.3) is 16.6 Å². The molecule has 2 N–H and O–H groups in total. The van der Waals surface area contributed by atoms with Crippen LogP contribution in [0, 0.1) is 11.8 Å². The number of hydrogen-bond donors (Lipinski definition) is 2. The van der Waals surface area contributed by atoms with Crippen LogP contribution >= 0.6 is 0 Å². The van der Waals surface area contributed by atoms with Crippen LogP contribution in [0.15, 0.2) is 72.8 Å². The van der Waals surface area contributed by atoms with Gasteiger partial charge in [-0.05, 0) is 83.8 Å². The molecule has 4 aromatic rings. The number of carbonyl (C=O) groups is 3. The Morgan fingerprint density at radius 3 is 2.28 bits per heavy atom. The standard InChI is InChI=1S/C36H40N2O5/c1-36(2,3)28-11-13-29(14-12-28)38-31-16-15-30(43-4)21-26(31)22-32(38)34(41)27(19-23-5-6-23)20-24-7-9-25(10-8-24)35(42)37-18-17-33(39)40/h7-16,21-23,27H,5-6,17-20H2,1-4H3,(H,37,42)(H,39,40). The minimum Gasteiger partial charge on any atom is -0.497 e. The Morgan fingerprint density at radius 2 is 1.67 bits per heavy atom. The lowest BCUT2D eigenvalue weighted by atomic mass is 9.87. The van der Waals surface area contributed by atoms with Crippen molar-refractivity contribution in [3.63, 3.8) is 0 Å². The molecule has 0 aliphatic heterocycles. The van der Waals surface area contributed by atoms with Gasteiger partial charge in [-0.2, -0.15) is 0 Å². The normalized spacial score (nSPS) is 14.0. The van der Waals surface area contributed by atoms with Gasteiger partial charge in [-0.15, -0.1) is 0 Å². The van der Waals surface area contributed by atoms with Gasteiger partial charge >= 0.3 is 5.97 Å². The fourth-order valence-corrected chi connectivity index (χ4v) is 5.60. The van der Waals surface area contributed by atoms with Gasteiger partial charge in [0, 0.05) is 29.1 Å². The third-order valence-electron chi connectivity index (χ3n) is 8.26. The van der Waals surface area contributed by atoms with Crippen molar-refractivity contribution in [1.29, 1.82) is 0 Å². The van der Waals surface area contributed by atoms with Crippen molar-refractivity contribution in [3.8, 4) is 11.4 Å². The van der Waals surface area contributed by atoms with E-state index in [-0.39, 0.29) is 36.0 Å². The smallest absolute Gasteiger partial charge is 0.305 e. The molecule has 1 saturated carbocycles. The third kappa shape index (κ3) is 7.16. The molecule has 1 unspecified atom stereocenters. The van der Waals surface area contributed by atoms with Gasteiger partial charge in [-0.1, -0.05) is 57.9 Å². The van der Waals surface area contributed by atoms with Crippen molar-refractivity contribution in [1.82, 2.24) is 9.88 Å². The molecule has 1 aliphatic rings. The number of carbonyl (C=O) groups excluding carboxylic acids is 2. The van der Waals surface area contributed by atoms with Gasteiger partial charge in [0.05, 0.1) is 24.7 Å². The van der Waals surface area contributed by atoms with Gasteiger partial charge in [0.15, 0.2) is 5.78 Å². The topological polar surface area (TPSA) is 97.6 Å². The quantitative estimate of drug-likeness (QED) is 0.176. The molecule has 1 aliphatic carbocycles. The zero-order valence-corrected chi connectivity index (χ0v) is 25.4. The summed E-state index contributed by atoms with van der Waals surface area (Å²) in [6, 6.07) is 23.6. The third-order valence-corrected chi connectivity index (χ3v) is 8.26. The predicted octanol–water partition coefficient (Wildman–Crippen LogP) is 6.98. The largest absolute Gasteiger partial charge is 0.497 e. The highest BCUT2D eigenvalue weighted by Gasteiger charge is 2.32. The van der Waals surface area contributed by atoms with Gasteiger partial charge in [0.25, 0.3) is 5.91 Å². The summed E-state index contributed by atoms with van der Waals surface area (Å²) < 4.78 is 7.57. The predicted molar refractivity (Wildman–Crippen MR) is 168 cm³/mol. The maximum atomic E-state index is 14.4. The summed E-state index contributed by atoms with van der Waals surface area (Å²) in [6.07, 6.45) is 3.56. The van der Waals surface area contributed by atoms with E-state index >= 15 is 0 Å². The number of nitrogens with one attached hydrogen (secondary N) is 1. The number of Topliss-reactive ketones (excluding diaryl/α,β-unsaturated/α-hetero) is 1. The Bertz CT molecular complexity index is 1620. The number of ether oxygens (including phenoxy) is 1. The van der Waals surface area contributed by atoms with Crippen LogP contribution in [-0.4, -0.2) is 41.0 Å². The lowest BCUT2D eigenvalue weighted by molar-refractivity contribution is -0.136. The van der Waals surface area contributed by atoms with E-state index in [1.165, 1.54) is 5.56 Å². The second kappa shape index (κ2) is 12.5. The number of nitrogens with zero attached hydrogens (tertiary/aromatic N) is 1. The average molecular weight is 581 g/mol. The Balaban J connectivity index is 1.45. The molecule has 0 radical (unpaired) electrons. The zero-order chi connectivity index (χ0) is 30.7. The van der Waals surface area contributed by atoms with Crippen LogP contribution in [0.5, 0.6) is 5.75 Å². The van der Waals surface area contributed by atoms with Crippen LogP contribution in [0.3, 0.4) is 0 Å². The van der Waals surface area contributed by atoms with E-state index < -0.39 is 5.97 Å². The first-order chi connectivity index (χ1) is 20.5. The van der Waals surface area contributed by atoms with Gasteiger partial charge < -0.3 is 19.7 Å². The molecule has 1 aromatic heterocycles. The van der Waals surface area contributed by atoms with Crippen LogP contribution in [0.1, 0.15) is 78.4 Å². The Hall–Kier alpha value is -4.39. The molecule has 1 atom stereocenters. The van der Waals surface area contributed by atoms with Crippen molar-refractivity contribution >= 4 is 28.6 Å². The van der Waals surface area contributed by atoms with Crippen molar-refractivity contribution in [2.45, 2.75) is 58.3 Å². The molecular weight excluding hydrogens is 540 g/mol. The number of benzene rings is 3. The maximum absolute atomic E-state index is 14.4. The zero-order valence-electron chi connectivity index (χ0n) is 25.4. The van der Waals surface area contributed by atoms with E-state index in [1.807, 2.05) is 36.4 Å². The first-order valence-corrected chi connectivity index (χ1v) is 15.0. The fraction of sp³-hybridized carbons (Fsp3) is 0.361. The summed E-state index contributed by atoms with van der Waals surface area (Å²) in [6.45, 7) is 6.65. The second-order valence-electron chi connectivity index (χ2n) is 12.6. The summed E-state index contributed by atoms with van der Waals surface area (Å²) >= 11 is 0. The van der Waals surface area contributed by atoms with Crippen molar-refractivity contribution in [2.75, 3.05) is 13.7 Å². The SMILES string of the molecule is COc1ccc2c(c1)cc(C(=O)C(Cc1ccc(C(=O)NCCC(=O)O)cc1)CC1CC1)n2-c1ccc(C(C)(C)C)cc1. The molecule has 7 heteroatoms. The minimum atomic E-state index is -0.956. The fourth-order valence-electron chi connectivity index (χ4n) is 5.60. The average Bonchev–Trinajstić information content (AvgIpc) is 3.72. The van der Waals surface area contributed by atoms with Crippen molar-refractivity contribution < 1.29 is 24.2 Å². The van der Waals surface area contributed by atoms with Gasteiger partial charge in [0.2, 0.25) is 0 Å². The first-order valence-electron chi connectivity index (χ1n) is 15.0. The van der Waals surface area contributed by atoms with E-state index in [0.29, 0.717) is 23.6 Å². The molecule has 3 aromatic carbocycles. The Morgan fingerprint density at radius 1 is 0.977 bits per heavy atom. The van der Waals surface area contributed by atoms with Crippen LogP contribution in [0.2, 0.25) is 0 Å². The summed E-state index contributed by atoms with van der Waals surface area (Å²) in [7, 11) is 1.64. The number of carboxylic acids is 1. The molecule has 43 heavy (non-hydrogen) atoms. The van der Waals surface area contributed by atoms with Crippen LogP contribution in [0.4, 0.5) is 0 Å². The second-order valence-corrected chi connectivity index (χ2v) is 12.6. The number of amides is 1. The monoisotopic (exact) mass is 580 g/mol.